The number of anilines is 1. The summed E-state index contributed by atoms with van der Waals surface area (Å²) in [6.45, 7) is 1.16. The van der Waals surface area contributed by atoms with Crippen LogP contribution in [0.15, 0.2) is 18.2 Å². The van der Waals surface area contributed by atoms with E-state index in [-0.39, 0.29) is 17.5 Å². The van der Waals surface area contributed by atoms with Crippen LogP contribution in [-0.4, -0.2) is 23.9 Å². The second-order valence-electron chi connectivity index (χ2n) is 4.41. The highest BCUT2D eigenvalue weighted by atomic mass is 127. The summed E-state index contributed by atoms with van der Waals surface area (Å²) in [6, 6.07) is 4.67. The number of non-ortho nitro benzene ring substituents is 1. The number of hydrogen-bond donors (Lipinski definition) is 2. The summed E-state index contributed by atoms with van der Waals surface area (Å²) >= 11 is 2.05. The van der Waals surface area contributed by atoms with Crippen LogP contribution >= 0.6 is 22.6 Å². The van der Waals surface area contributed by atoms with Crippen LogP contribution in [0.5, 0.6) is 0 Å². The molecule has 2 rings (SSSR count). The Balaban J connectivity index is 1.79. The molecule has 6 nitrogen and oxygen atoms in total. The average Bonchev–Trinajstić information content (AvgIpc) is 3.19. The number of nitro groups is 1. The van der Waals surface area contributed by atoms with Crippen LogP contribution in [-0.2, 0) is 4.79 Å². The van der Waals surface area contributed by atoms with Crippen molar-refractivity contribution in [3.63, 3.8) is 0 Å². The van der Waals surface area contributed by atoms with E-state index in [1.54, 1.807) is 6.07 Å². The van der Waals surface area contributed by atoms with Gasteiger partial charge in [-0.05, 0) is 41.5 Å². The molecule has 1 amide bonds. The van der Waals surface area contributed by atoms with E-state index >= 15 is 0 Å². The van der Waals surface area contributed by atoms with Gasteiger partial charge in [0.2, 0.25) is 5.91 Å². The van der Waals surface area contributed by atoms with Gasteiger partial charge in [-0.25, -0.2) is 0 Å². The van der Waals surface area contributed by atoms with E-state index in [9.17, 15) is 14.9 Å². The summed E-state index contributed by atoms with van der Waals surface area (Å²) in [6.07, 6.45) is 2.00. The zero-order chi connectivity index (χ0) is 13.8. The third-order valence-electron chi connectivity index (χ3n) is 2.85. The minimum atomic E-state index is -0.415. The number of nitrogens with one attached hydrogen (secondary N) is 2. The fraction of sp³-hybridized carbons (Fsp3) is 0.417. The summed E-state index contributed by atoms with van der Waals surface area (Å²) < 4.78 is 0.792. The molecule has 0 radical (unpaired) electrons. The van der Waals surface area contributed by atoms with E-state index in [0.717, 1.165) is 22.1 Å². The third-order valence-corrected chi connectivity index (χ3v) is 3.74. The van der Waals surface area contributed by atoms with Gasteiger partial charge < -0.3 is 10.6 Å². The third kappa shape index (κ3) is 4.05. The minimum absolute atomic E-state index is 0.0805. The number of halogens is 1. The smallest absolute Gasteiger partial charge is 0.270 e. The predicted octanol–water partition coefficient (Wildman–Crippen LogP) is 2.14. The fourth-order valence-corrected chi connectivity index (χ4v) is 2.32. The lowest BCUT2D eigenvalue weighted by Gasteiger charge is -2.09. The predicted molar refractivity (Wildman–Crippen MR) is 80.0 cm³/mol. The molecule has 0 aliphatic heterocycles. The summed E-state index contributed by atoms with van der Waals surface area (Å²) in [5.74, 6) is 0.347. The Hall–Kier alpha value is -1.38. The molecule has 7 heteroatoms. The molecule has 0 heterocycles. The number of nitro benzene ring substituents is 1. The summed E-state index contributed by atoms with van der Waals surface area (Å²) in [7, 11) is 0. The van der Waals surface area contributed by atoms with Crippen molar-refractivity contribution in [2.24, 2.45) is 5.92 Å². The van der Waals surface area contributed by atoms with Crippen LogP contribution in [0.4, 0.5) is 11.4 Å². The summed E-state index contributed by atoms with van der Waals surface area (Å²) in [5, 5.41) is 16.6. The molecule has 1 aliphatic carbocycles. The molecule has 0 saturated heterocycles. The molecular formula is C12H14IN3O3. The lowest BCUT2D eigenvalue weighted by Crippen LogP contribution is -2.29. The Morgan fingerprint density at radius 2 is 2.16 bits per heavy atom. The monoisotopic (exact) mass is 375 g/mol. The lowest BCUT2D eigenvalue weighted by molar-refractivity contribution is -0.384. The maximum atomic E-state index is 11.4. The summed E-state index contributed by atoms with van der Waals surface area (Å²) in [5.41, 5.74) is 0.920. The van der Waals surface area contributed by atoms with Gasteiger partial charge in [-0.1, -0.05) is 0 Å². The number of carbonyl (C=O) groups excluding carboxylic acids is 1. The van der Waals surface area contributed by atoms with Gasteiger partial charge in [-0.15, -0.1) is 0 Å². The van der Waals surface area contributed by atoms with Gasteiger partial charge in [0.25, 0.3) is 5.69 Å². The molecule has 1 aromatic carbocycles. The summed E-state index contributed by atoms with van der Waals surface area (Å²) in [4.78, 5) is 21.6. The molecular weight excluding hydrogens is 361 g/mol. The lowest BCUT2D eigenvalue weighted by atomic mass is 10.3. The van der Waals surface area contributed by atoms with Crippen LogP contribution in [0.1, 0.15) is 12.8 Å². The van der Waals surface area contributed by atoms with E-state index in [2.05, 4.69) is 33.2 Å². The Morgan fingerprint density at radius 3 is 2.74 bits per heavy atom. The molecule has 102 valence electrons. The maximum Gasteiger partial charge on any atom is 0.270 e. The van der Waals surface area contributed by atoms with Gasteiger partial charge in [0.1, 0.15) is 0 Å². The first-order chi connectivity index (χ1) is 9.08. The minimum Gasteiger partial charge on any atom is -0.382 e. The zero-order valence-electron chi connectivity index (χ0n) is 10.2. The second kappa shape index (κ2) is 6.18. The van der Waals surface area contributed by atoms with Gasteiger partial charge in [-0.3, -0.25) is 14.9 Å². The molecule has 1 saturated carbocycles. The molecule has 2 N–H and O–H groups in total. The molecule has 0 spiro atoms. The molecule has 1 aliphatic rings. The van der Waals surface area contributed by atoms with E-state index in [1.807, 2.05) is 0 Å². The SMILES string of the molecule is O=C(NCCNc1ccc([N+](=O)[O-])cc1I)C1CC1. The van der Waals surface area contributed by atoms with Crippen molar-refractivity contribution in [3.05, 3.63) is 31.9 Å². The van der Waals surface area contributed by atoms with Crippen molar-refractivity contribution in [2.45, 2.75) is 12.8 Å². The molecule has 1 aromatic rings. The Kier molecular flexibility index (Phi) is 4.56. The van der Waals surface area contributed by atoms with Crippen molar-refractivity contribution in [3.8, 4) is 0 Å². The molecule has 1 fully saturated rings. The van der Waals surface area contributed by atoms with Crippen molar-refractivity contribution >= 4 is 39.9 Å². The number of benzene rings is 1. The van der Waals surface area contributed by atoms with E-state index in [4.69, 9.17) is 0 Å². The highest BCUT2D eigenvalue weighted by Gasteiger charge is 2.28. The standard InChI is InChI=1S/C12H14IN3O3/c13-10-7-9(16(18)19)3-4-11(10)14-5-6-15-12(17)8-1-2-8/h3-4,7-8,14H,1-2,5-6H2,(H,15,17). The highest BCUT2D eigenvalue weighted by Crippen LogP contribution is 2.28. The number of amides is 1. The van der Waals surface area contributed by atoms with Gasteiger partial charge in [0.05, 0.1) is 4.92 Å². The van der Waals surface area contributed by atoms with E-state index in [0.29, 0.717) is 13.1 Å². The van der Waals surface area contributed by atoms with Crippen LogP contribution in [0.2, 0.25) is 0 Å². The van der Waals surface area contributed by atoms with E-state index < -0.39 is 4.92 Å². The van der Waals surface area contributed by atoms with Crippen LogP contribution in [0.25, 0.3) is 0 Å². The molecule has 0 bridgehead atoms. The first-order valence-corrected chi connectivity index (χ1v) is 7.11. The van der Waals surface area contributed by atoms with Gasteiger partial charge in [-0.2, -0.15) is 0 Å². The number of nitrogens with zero attached hydrogens (tertiary/aromatic N) is 1. The maximum absolute atomic E-state index is 11.4. The van der Waals surface area contributed by atoms with E-state index in [1.165, 1.54) is 12.1 Å². The van der Waals surface area contributed by atoms with Gasteiger partial charge >= 0.3 is 0 Å². The van der Waals surface area contributed by atoms with Crippen LogP contribution < -0.4 is 10.6 Å². The van der Waals surface area contributed by atoms with Crippen LogP contribution in [0.3, 0.4) is 0 Å². The Labute approximate surface area is 124 Å². The van der Waals surface area contributed by atoms with Crippen molar-refractivity contribution < 1.29 is 9.72 Å². The normalized spacial score (nSPS) is 13.9. The molecule has 19 heavy (non-hydrogen) atoms. The topological polar surface area (TPSA) is 84.3 Å². The second-order valence-corrected chi connectivity index (χ2v) is 5.58. The van der Waals surface area contributed by atoms with Crippen molar-refractivity contribution in [2.75, 3.05) is 18.4 Å². The Bertz CT molecular complexity index is 503. The quantitative estimate of drug-likeness (QED) is 0.345. The fourth-order valence-electron chi connectivity index (χ4n) is 1.63. The van der Waals surface area contributed by atoms with Crippen LogP contribution in [0, 0.1) is 19.6 Å². The number of carbonyl (C=O) groups is 1. The molecule has 0 aromatic heterocycles. The first-order valence-electron chi connectivity index (χ1n) is 6.03. The number of hydrogen-bond acceptors (Lipinski definition) is 4. The molecule has 0 atom stereocenters. The van der Waals surface area contributed by atoms with Crippen molar-refractivity contribution in [1.29, 1.82) is 0 Å². The largest absolute Gasteiger partial charge is 0.382 e. The zero-order valence-corrected chi connectivity index (χ0v) is 12.3. The van der Waals surface area contributed by atoms with Crippen molar-refractivity contribution in [1.82, 2.24) is 5.32 Å². The number of rotatable bonds is 6. The first kappa shape index (κ1) is 14.0. The average molecular weight is 375 g/mol. The van der Waals surface area contributed by atoms with Gasteiger partial charge in [0.15, 0.2) is 0 Å². The molecule has 0 unspecified atom stereocenters. The van der Waals surface area contributed by atoms with Gasteiger partial charge in [0, 0.05) is 40.4 Å². The highest BCUT2D eigenvalue weighted by molar-refractivity contribution is 14.1. The Morgan fingerprint density at radius 1 is 1.42 bits per heavy atom.